The fourth-order valence-corrected chi connectivity index (χ4v) is 5.17. The van der Waals surface area contributed by atoms with Crippen LogP contribution in [0.3, 0.4) is 0 Å². The standard InChI is InChI=1S/C23H28FN3O6S2/c1-4-15-14-18-19(22(28)25-3)20(16-8-10-17(24)11-9-16)33-23(18)26-21(15)27(34(29)30)12-6-7-13-35(31,32)5-2/h8-11,14H,4-7,12-13H2,1-3H3,(H,25,28)(H,29,30)/p-1. The second-order valence-electron chi connectivity index (χ2n) is 7.83. The minimum atomic E-state index is -3.15. The lowest BCUT2D eigenvalue weighted by Crippen LogP contribution is -2.29. The van der Waals surface area contributed by atoms with Gasteiger partial charge < -0.3 is 14.3 Å². The SMILES string of the molecule is CCc1cc2c(C(=O)NC)c(-c3ccc(F)cc3)oc2nc1N(CCCCS(=O)(=O)CC)S(=O)[O-]. The average Bonchev–Trinajstić information content (AvgIpc) is 3.21. The fraction of sp³-hybridized carbons (Fsp3) is 0.391. The third-order valence-electron chi connectivity index (χ3n) is 5.60. The van der Waals surface area contributed by atoms with E-state index in [4.69, 9.17) is 4.42 Å². The van der Waals surface area contributed by atoms with Crippen molar-refractivity contribution in [2.45, 2.75) is 33.1 Å². The molecule has 0 bridgehead atoms. The number of aromatic nitrogens is 1. The number of carbonyl (C=O) groups excluding carboxylic acids is 1. The van der Waals surface area contributed by atoms with Crippen molar-refractivity contribution in [2.24, 2.45) is 0 Å². The first-order chi connectivity index (χ1) is 16.6. The van der Waals surface area contributed by atoms with Crippen molar-refractivity contribution < 1.29 is 30.8 Å². The molecule has 0 aliphatic rings. The largest absolute Gasteiger partial charge is 0.755 e. The van der Waals surface area contributed by atoms with Crippen molar-refractivity contribution in [3.63, 3.8) is 0 Å². The molecule has 12 heteroatoms. The van der Waals surface area contributed by atoms with E-state index in [0.29, 0.717) is 35.8 Å². The van der Waals surface area contributed by atoms with E-state index in [-0.39, 0.29) is 40.9 Å². The summed E-state index contributed by atoms with van der Waals surface area (Å²) in [6, 6.07) is 7.11. The van der Waals surface area contributed by atoms with E-state index in [1.54, 1.807) is 13.0 Å². The van der Waals surface area contributed by atoms with Crippen LogP contribution >= 0.6 is 0 Å². The third kappa shape index (κ3) is 6.06. The van der Waals surface area contributed by atoms with Gasteiger partial charge in [0.25, 0.3) is 5.91 Å². The van der Waals surface area contributed by atoms with Gasteiger partial charge in [0.2, 0.25) is 5.71 Å². The third-order valence-corrected chi connectivity index (χ3v) is 8.11. The van der Waals surface area contributed by atoms with E-state index in [1.165, 1.54) is 31.3 Å². The highest BCUT2D eigenvalue weighted by Gasteiger charge is 2.25. The Kier molecular flexibility index (Phi) is 8.62. The number of aryl methyl sites for hydroxylation is 1. The molecule has 1 amide bonds. The van der Waals surface area contributed by atoms with Crippen LogP contribution < -0.4 is 9.62 Å². The van der Waals surface area contributed by atoms with Gasteiger partial charge in [-0.25, -0.2) is 12.8 Å². The van der Waals surface area contributed by atoms with Crippen LogP contribution in [0.1, 0.15) is 42.6 Å². The predicted octanol–water partition coefficient (Wildman–Crippen LogP) is 3.37. The van der Waals surface area contributed by atoms with E-state index < -0.39 is 32.8 Å². The molecule has 0 radical (unpaired) electrons. The Balaban J connectivity index is 2.06. The molecular weight excluding hydrogens is 497 g/mol. The number of nitrogens with one attached hydrogen (secondary N) is 1. The number of halogens is 1. The molecule has 1 N–H and O–H groups in total. The second-order valence-corrected chi connectivity index (χ2v) is 11.2. The lowest BCUT2D eigenvalue weighted by molar-refractivity contribution is 0.0964. The smallest absolute Gasteiger partial charge is 0.255 e. The summed E-state index contributed by atoms with van der Waals surface area (Å²) in [7, 11) is -1.68. The minimum Gasteiger partial charge on any atom is -0.755 e. The first kappa shape index (κ1) is 26.8. The van der Waals surface area contributed by atoms with Gasteiger partial charge in [0, 0.05) is 36.2 Å². The maximum atomic E-state index is 13.4. The zero-order valence-electron chi connectivity index (χ0n) is 19.7. The van der Waals surface area contributed by atoms with Gasteiger partial charge in [0.15, 0.2) is 0 Å². The quantitative estimate of drug-likeness (QED) is 0.300. The first-order valence-electron chi connectivity index (χ1n) is 11.1. The van der Waals surface area contributed by atoms with Crippen molar-refractivity contribution >= 4 is 43.9 Å². The number of hydrogen-bond acceptors (Lipinski definition) is 7. The summed E-state index contributed by atoms with van der Waals surface area (Å²) in [6.07, 6.45) is 1.04. The molecule has 2 aromatic heterocycles. The Morgan fingerprint density at radius 2 is 1.91 bits per heavy atom. The van der Waals surface area contributed by atoms with Crippen LogP contribution in [0.25, 0.3) is 22.4 Å². The van der Waals surface area contributed by atoms with Crippen molar-refractivity contribution in [1.82, 2.24) is 10.3 Å². The molecule has 0 saturated carbocycles. The number of fused-ring (bicyclic) bond motifs is 1. The van der Waals surface area contributed by atoms with Gasteiger partial charge in [-0.2, -0.15) is 4.98 Å². The van der Waals surface area contributed by atoms with Crippen LogP contribution in [0.4, 0.5) is 10.2 Å². The molecule has 0 saturated heterocycles. The minimum absolute atomic E-state index is 0.0232. The summed E-state index contributed by atoms with van der Waals surface area (Å²) in [6.45, 7) is 3.43. The monoisotopic (exact) mass is 524 g/mol. The molecule has 1 unspecified atom stereocenters. The number of rotatable bonds is 11. The van der Waals surface area contributed by atoms with Crippen molar-refractivity contribution in [3.8, 4) is 11.3 Å². The van der Waals surface area contributed by atoms with Crippen LogP contribution in [0.2, 0.25) is 0 Å². The van der Waals surface area contributed by atoms with Gasteiger partial charge in [-0.05, 0) is 55.2 Å². The van der Waals surface area contributed by atoms with E-state index >= 15 is 0 Å². The van der Waals surface area contributed by atoms with Gasteiger partial charge in [-0.3, -0.25) is 13.3 Å². The molecule has 2 heterocycles. The van der Waals surface area contributed by atoms with Gasteiger partial charge in [-0.1, -0.05) is 13.8 Å². The highest BCUT2D eigenvalue weighted by molar-refractivity contribution is 7.91. The number of carbonyl (C=O) groups is 1. The molecule has 190 valence electrons. The number of benzene rings is 1. The molecule has 1 atom stereocenters. The zero-order chi connectivity index (χ0) is 25.8. The number of pyridine rings is 1. The molecule has 0 spiro atoms. The van der Waals surface area contributed by atoms with E-state index in [0.717, 1.165) is 4.31 Å². The Morgan fingerprint density at radius 3 is 2.49 bits per heavy atom. The van der Waals surface area contributed by atoms with E-state index in [9.17, 15) is 26.4 Å². The molecule has 0 aliphatic heterocycles. The van der Waals surface area contributed by atoms with Crippen molar-refractivity contribution in [1.29, 1.82) is 0 Å². The molecular formula is C23H27FN3O6S2-. The number of furan rings is 1. The van der Waals surface area contributed by atoms with Crippen LogP contribution in [-0.4, -0.2) is 53.2 Å². The molecule has 1 aromatic carbocycles. The highest BCUT2D eigenvalue weighted by atomic mass is 32.2. The number of sulfone groups is 1. The maximum Gasteiger partial charge on any atom is 0.255 e. The van der Waals surface area contributed by atoms with E-state index in [2.05, 4.69) is 10.3 Å². The molecule has 35 heavy (non-hydrogen) atoms. The Labute approximate surface area is 206 Å². The summed E-state index contributed by atoms with van der Waals surface area (Å²) < 4.78 is 68.0. The van der Waals surface area contributed by atoms with Crippen LogP contribution in [0.15, 0.2) is 34.7 Å². The van der Waals surface area contributed by atoms with Crippen LogP contribution in [0.5, 0.6) is 0 Å². The maximum absolute atomic E-state index is 13.4. The predicted molar refractivity (Wildman–Crippen MR) is 132 cm³/mol. The summed E-state index contributed by atoms with van der Waals surface area (Å²) in [5.41, 5.74) is 1.30. The number of amides is 1. The number of nitrogens with zero attached hydrogens (tertiary/aromatic N) is 2. The van der Waals surface area contributed by atoms with Gasteiger partial charge in [0.05, 0.1) is 16.7 Å². The summed E-state index contributed by atoms with van der Waals surface area (Å²) in [5.74, 6) is -0.531. The first-order valence-corrected chi connectivity index (χ1v) is 14.0. The van der Waals surface area contributed by atoms with Crippen LogP contribution in [-0.2, 0) is 27.5 Å². The van der Waals surface area contributed by atoms with Gasteiger partial charge >= 0.3 is 0 Å². The number of anilines is 1. The lowest BCUT2D eigenvalue weighted by Gasteiger charge is -2.27. The molecule has 0 aliphatic carbocycles. The fourth-order valence-electron chi connectivity index (χ4n) is 3.66. The summed E-state index contributed by atoms with van der Waals surface area (Å²) >= 11 is -2.67. The number of unbranched alkanes of at least 4 members (excludes halogenated alkanes) is 1. The Hall–Kier alpha value is -2.83. The van der Waals surface area contributed by atoms with Crippen molar-refractivity contribution in [2.75, 3.05) is 29.4 Å². The molecule has 9 nitrogen and oxygen atoms in total. The van der Waals surface area contributed by atoms with Gasteiger partial charge in [-0.15, -0.1) is 0 Å². The van der Waals surface area contributed by atoms with Crippen LogP contribution in [0, 0.1) is 5.82 Å². The molecule has 3 aromatic rings. The number of hydrogen-bond donors (Lipinski definition) is 1. The summed E-state index contributed by atoms with van der Waals surface area (Å²) in [4.78, 5) is 17.2. The second kappa shape index (κ2) is 11.3. The molecule has 0 fully saturated rings. The molecule has 3 rings (SSSR count). The van der Waals surface area contributed by atoms with E-state index in [1.807, 2.05) is 6.92 Å². The Bertz CT molecular complexity index is 1340. The van der Waals surface area contributed by atoms with Gasteiger partial charge in [0.1, 0.15) is 27.2 Å². The zero-order valence-corrected chi connectivity index (χ0v) is 21.3. The average molecular weight is 525 g/mol. The normalized spacial score (nSPS) is 12.6. The highest BCUT2D eigenvalue weighted by Crippen LogP contribution is 2.36. The Morgan fingerprint density at radius 1 is 1.23 bits per heavy atom. The lowest BCUT2D eigenvalue weighted by atomic mass is 10.0. The topological polar surface area (TPSA) is 133 Å². The van der Waals surface area contributed by atoms with Crippen molar-refractivity contribution in [3.05, 3.63) is 47.3 Å². The summed E-state index contributed by atoms with van der Waals surface area (Å²) in [5, 5.41) is 2.96.